The van der Waals surface area contributed by atoms with E-state index in [1.807, 2.05) is 12.1 Å². The van der Waals surface area contributed by atoms with Gasteiger partial charge in [-0.1, -0.05) is 6.07 Å². The van der Waals surface area contributed by atoms with Crippen molar-refractivity contribution in [3.8, 4) is 0 Å². The van der Waals surface area contributed by atoms with Crippen molar-refractivity contribution in [2.45, 2.75) is 6.54 Å². The molecule has 1 aliphatic rings. The molecule has 1 N–H and O–H groups in total. The number of carbonyl (C=O) groups excluding carboxylic acids is 2. The molecule has 0 atom stereocenters. The molecule has 1 aromatic rings. The molecule has 132 valence electrons. The lowest BCUT2D eigenvalue weighted by Gasteiger charge is -2.36. The van der Waals surface area contributed by atoms with Gasteiger partial charge in [-0.2, -0.15) is 0 Å². The molecule has 0 radical (unpaired) electrons. The molecule has 1 fully saturated rings. The highest BCUT2D eigenvalue weighted by Crippen LogP contribution is 2.19. The smallest absolute Gasteiger partial charge is 0.248 e. The normalized spacial score (nSPS) is 14.6. The Labute approximate surface area is 141 Å². The second-order valence-corrected chi connectivity index (χ2v) is 5.50. The van der Waals surface area contributed by atoms with Gasteiger partial charge in [0.05, 0.1) is 0 Å². The molecule has 24 heavy (non-hydrogen) atoms. The number of nitrogens with zero attached hydrogens (tertiary/aromatic N) is 3. The molecule has 0 saturated carbocycles. The van der Waals surface area contributed by atoms with Crippen LogP contribution >= 0.6 is 0 Å². The van der Waals surface area contributed by atoms with Gasteiger partial charge in [0, 0.05) is 58.7 Å². The number of carbonyl (C=O) groups is 2. The first-order chi connectivity index (χ1) is 11.7. The summed E-state index contributed by atoms with van der Waals surface area (Å²) in [6.45, 7) is 3.21. The van der Waals surface area contributed by atoms with Crippen LogP contribution in [0.25, 0.3) is 0 Å². The molecular formula is C16H24N4O4. The zero-order valence-corrected chi connectivity index (χ0v) is 14.2. The van der Waals surface area contributed by atoms with Crippen LogP contribution in [0.15, 0.2) is 18.3 Å². The van der Waals surface area contributed by atoms with Gasteiger partial charge >= 0.3 is 0 Å². The largest absolute Gasteiger partial charge is 0.375 e. The van der Waals surface area contributed by atoms with Crippen molar-refractivity contribution in [2.24, 2.45) is 0 Å². The molecule has 2 amide bonds. The van der Waals surface area contributed by atoms with Crippen molar-refractivity contribution in [1.82, 2.24) is 15.2 Å². The molecule has 2 rings (SSSR count). The topological polar surface area (TPSA) is 84.0 Å². The predicted octanol–water partition coefficient (Wildman–Crippen LogP) is -0.361. The van der Waals surface area contributed by atoms with Crippen LogP contribution in [0.3, 0.4) is 0 Å². The van der Waals surface area contributed by atoms with E-state index in [-0.39, 0.29) is 25.0 Å². The van der Waals surface area contributed by atoms with E-state index in [4.69, 9.17) is 9.47 Å². The van der Waals surface area contributed by atoms with E-state index < -0.39 is 0 Å². The highest BCUT2D eigenvalue weighted by molar-refractivity contribution is 5.78. The summed E-state index contributed by atoms with van der Waals surface area (Å²) in [6, 6.07) is 3.79. The molecule has 1 aliphatic heterocycles. The van der Waals surface area contributed by atoms with E-state index in [2.05, 4.69) is 15.2 Å². The van der Waals surface area contributed by atoms with Gasteiger partial charge < -0.3 is 24.6 Å². The van der Waals surface area contributed by atoms with Gasteiger partial charge in [0.15, 0.2) is 0 Å². The molecule has 0 spiro atoms. The molecule has 0 aromatic carbocycles. The lowest BCUT2D eigenvalue weighted by molar-refractivity contribution is -0.135. The van der Waals surface area contributed by atoms with Gasteiger partial charge in [-0.15, -0.1) is 0 Å². The fourth-order valence-electron chi connectivity index (χ4n) is 2.61. The summed E-state index contributed by atoms with van der Waals surface area (Å²) in [5.41, 5.74) is 0.943. The Morgan fingerprint density at radius 3 is 2.54 bits per heavy atom. The molecule has 1 saturated heterocycles. The van der Waals surface area contributed by atoms with Crippen molar-refractivity contribution in [3.63, 3.8) is 0 Å². The van der Waals surface area contributed by atoms with Gasteiger partial charge in [0.25, 0.3) is 0 Å². The molecule has 0 bridgehead atoms. The first kappa shape index (κ1) is 18.2. The Hall–Kier alpha value is -2.19. The summed E-state index contributed by atoms with van der Waals surface area (Å²) in [6.07, 6.45) is 1.73. The van der Waals surface area contributed by atoms with Crippen molar-refractivity contribution in [2.75, 3.05) is 58.5 Å². The number of piperazine rings is 1. The van der Waals surface area contributed by atoms with Crippen LogP contribution in [-0.4, -0.2) is 75.3 Å². The van der Waals surface area contributed by atoms with Crippen LogP contribution in [-0.2, 0) is 25.6 Å². The summed E-state index contributed by atoms with van der Waals surface area (Å²) >= 11 is 0. The quantitative estimate of drug-likeness (QED) is 0.732. The number of pyridine rings is 1. The van der Waals surface area contributed by atoms with E-state index in [1.54, 1.807) is 11.1 Å². The van der Waals surface area contributed by atoms with Gasteiger partial charge in [-0.25, -0.2) is 4.98 Å². The van der Waals surface area contributed by atoms with Crippen molar-refractivity contribution in [3.05, 3.63) is 23.9 Å². The first-order valence-electron chi connectivity index (χ1n) is 7.87. The number of methoxy groups -OCH3 is 2. The van der Waals surface area contributed by atoms with Gasteiger partial charge in [0.2, 0.25) is 11.8 Å². The molecule has 1 aromatic heterocycles. The number of aromatic nitrogens is 1. The molecule has 8 nitrogen and oxygen atoms in total. The van der Waals surface area contributed by atoms with Crippen molar-refractivity contribution < 1.29 is 19.1 Å². The number of anilines is 1. The average molecular weight is 336 g/mol. The zero-order valence-electron chi connectivity index (χ0n) is 14.2. The zero-order chi connectivity index (χ0) is 17.4. The van der Waals surface area contributed by atoms with E-state index in [0.29, 0.717) is 32.7 Å². The Morgan fingerprint density at radius 2 is 1.88 bits per heavy atom. The van der Waals surface area contributed by atoms with Crippen LogP contribution in [0.5, 0.6) is 0 Å². The van der Waals surface area contributed by atoms with E-state index >= 15 is 0 Å². The van der Waals surface area contributed by atoms with Crippen LogP contribution in [0.4, 0.5) is 5.82 Å². The van der Waals surface area contributed by atoms with Crippen LogP contribution in [0.2, 0.25) is 0 Å². The van der Waals surface area contributed by atoms with E-state index in [1.165, 1.54) is 14.2 Å². The fraction of sp³-hybridized carbons (Fsp3) is 0.562. The SMILES string of the molecule is COCC(=O)NCc1cccnc1N1CCN(C(=O)COC)CC1. The second kappa shape index (κ2) is 9.19. The molecular weight excluding hydrogens is 312 g/mol. The maximum atomic E-state index is 11.9. The van der Waals surface area contributed by atoms with E-state index in [0.717, 1.165) is 11.4 Å². The third-order valence-corrected chi connectivity index (χ3v) is 3.82. The van der Waals surface area contributed by atoms with Crippen LogP contribution in [0, 0.1) is 0 Å². The molecule has 2 heterocycles. The van der Waals surface area contributed by atoms with Crippen LogP contribution in [0.1, 0.15) is 5.56 Å². The maximum Gasteiger partial charge on any atom is 0.248 e. The maximum absolute atomic E-state index is 11.9. The minimum absolute atomic E-state index is 0.00484. The van der Waals surface area contributed by atoms with Crippen molar-refractivity contribution >= 4 is 17.6 Å². The van der Waals surface area contributed by atoms with Gasteiger partial charge in [-0.3, -0.25) is 9.59 Å². The summed E-state index contributed by atoms with van der Waals surface area (Å²) in [4.78, 5) is 31.8. The first-order valence-corrected chi connectivity index (χ1v) is 7.87. The van der Waals surface area contributed by atoms with Gasteiger partial charge in [-0.05, 0) is 6.07 Å². The Balaban J connectivity index is 1.95. The third-order valence-electron chi connectivity index (χ3n) is 3.82. The van der Waals surface area contributed by atoms with Crippen molar-refractivity contribution in [1.29, 1.82) is 0 Å². The number of nitrogens with one attached hydrogen (secondary N) is 1. The summed E-state index contributed by atoms with van der Waals surface area (Å²) in [5, 5.41) is 2.81. The third kappa shape index (κ3) is 4.90. The molecule has 0 unspecified atom stereocenters. The predicted molar refractivity (Wildman–Crippen MR) is 88.6 cm³/mol. The van der Waals surface area contributed by atoms with E-state index in [9.17, 15) is 9.59 Å². The monoisotopic (exact) mass is 336 g/mol. The fourth-order valence-corrected chi connectivity index (χ4v) is 2.61. The second-order valence-electron chi connectivity index (χ2n) is 5.50. The lowest BCUT2D eigenvalue weighted by Crippen LogP contribution is -2.50. The highest BCUT2D eigenvalue weighted by Gasteiger charge is 2.23. The number of amides is 2. The Bertz CT molecular complexity index is 559. The summed E-state index contributed by atoms with van der Waals surface area (Å²) < 4.78 is 9.70. The highest BCUT2D eigenvalue weighted by atomic mass is 16.5. The number of ether oxygens (including phenoxy) is 2. The average Bonchev–Trinajstić information content (AvgIpc) is 2.61. The van der Waals surface area contributed by atoms with Gasteiger partial charge in [0.1, 0.15) is 19.0 Å². The number of rotatable bonds is 7. The lowest BCUT2D eigenvalue weighted by atomic mass is 10.2. The minimum Gasteiger partial charge on any atom is -0.375 e. The Kier molecular flexibility index (Phi) is 6.95. The molecule has 8 heteroatoms. The van der Waals surface area contributed by atoms with Crippen LogP contribution < -0.4 is 10.2 Å². The summed E-state index contributed by atoms with van der Waals surface area (Å²) in [7, 11) is 3.01. The standard InChI is InChI=1S/C16H24N4O4/c1-23-11-14(21)18-10-13-4-3-5-17-16(13)20-8-6-19(7-9-20)15(22)12-24-2/h3-5H,6-12H2,1-2H3,(H,18,21). The molecule has 0 aliphatic carbocycles. The number of hydrogen-bond acceptors (Lipinski definition) is 6. The number of hydrogen-bond donors (Lipinski definition) is 1. The minimum atomic E-state index is -0.165. The summed E-state index contributed by atoms with van der Waals surface area (Å²) in [5.74, 6) is 0.682. The Morgan fingerprint density at radius 1 is 1.17 bits per heavy atom.